The molecule has 8 nitrogen and oxygen atoms in total. The van der Waals surface area contributed by atoms with Crippen LogP contribution in [0.15, 0.2) is 34.4 Å². The summed E-state index contributed by atoms with van der Waals surface area (Å²) >= 11 is 0. The summed E-state index contributed by atoms with van der Waals surface area (Å²) in [5.41, 5.74) is 3.50. The molecular weight excluding hydrogens is 435 g/mol. The number of likely N-dealkylation sites (N-methyl/N-ethyl adjacent to an activating group) is 1. The third kappa shape index (κ3) is 4.61. The van der Waals surface area contributed by atoms with Crippen molar-refractivity contribution in [3.8, 4) is 11.8 Å². The van der Waals surface area contributed by atoms with Crippen LogP contribution in [-0.2, 0) is 6.42 Å². The SMILES string of the molecule is CC1=Cc2c(ccc(Oc3nc(Nc4cc(C(C)C)no4)cc(N4CCN(C)CC4)n3)c2F)C1. The lowest BCUT2D eigenvalue weighted by Crippen LogP contribution is -2.44. The maximum atomic E-state index is 15.2. The lowest BCUT2D eigenvalue weighted by Gasteiger charge is -2.33. The van der Waals surface area contributed by atoms with Gasteiger partial charge in [-0.05, 0) is 37.9 Å². The van der Waals surface area contributed by atoms with E-state index in [-0.39, 0.29) is 17.7 Å². The van der Waals surface area contributed by atoms with Crippen LogP contribution in [0.25, 0.3) is 6.08 Å². The van der Waals surface area contributed by atoms with E-state index in [2.05, 4.69) is 37.3 Å². The molecule has 1 N–H and O–H groups in total. The number of nitrogens with zero attached hydrogens (tertiary/aromatic N) is 5. The normalized spacial score (nSPS) is 16.1. The lowest BCUT2D eigenvalue weighted by molar-refractivity contribution is 0.311. The number of anilines is 3. The number of fused-ring (bicyclic) bond motifs is 1. The van der Waals surface area contributed by atoms with E-state index < -0.39 is 5.82 Å². The van der Waals surface area contributed by atoms with Gasteiger partial charge >= 0.3 is 6.01 Å². The van der Waals surface area contributed by atoms with Gasteiger partial charge in [-0.15, -0.1) is 0 Å². The third-order valence-electron chi connectivity index (χ3n) is 6.19. The molecule has 0 atom stereocenters. The zero-order chi connectivity index (χ0) is 23.8. The smallest absolute Gasteiger partial charge is 0.326 e. The van der Waals surface area contributed by atoms with Crippen molar-refractivity contribution < 1.29 is 13.7 Å². The quantitative estimate of drug-likeness (QED) is 0.548. The zero-order valence-corrected chi connectivity index (χ0v) is 19.9. The number of hydrogen-bond donors (Lipinski definition) is 1. The average molecular weight is 465 g/mol. The molecule has 3 aromatic rings. The van der Waals surface area contributed by atoms with E-state index in [1.54, 1.807) is 6.07 Å². The van der Waals surface area contributed by atoms with Crippen molar-refractivity contribution in [3.05, 3.63) is 52.5 Å². The summed E-state index contributed by atoms with van der Waals surface area (Å²) < 4.78 is 26.5. The van der Waals surface area contributed by atoms with Crippen LogP contribution in [-0.4, -0.2) is 53.3 Å². The lowest BCUT2D eigenvalue weighted by atomic mass is 10.1. The summed E-state index contributed by atoms with van der Waals surface area (Å²) in [6.07, 6.45) is 2.62. The Bertz CT molecular complexity index is 1230. The molecular formula is C25H29FN6O2. The van der Waals surface area contributed by atoms with Gasteiger partial charge in [-0.2, -0.15) is 9.97 Å². The second-order valence-electron chi connectivity index (χ2n) is 9.30. The minimum absolute atomic E-state index is 0.0695. The monoisotopic (exact) mass is 464 g/mol. The highest BCUT2D eigenvalue weighted by Crippen LogP contribution is 2.34. The Hall–Kier alpha value is -3.46. The van der Waals surface area contributed by atoms with Crippen molar-refractivity contribution in [2.24, 2.45) is 0 Å². The van der Waals surface area contributed by atoms with Crippen molar-refractivity contribution in [2.45, 2.75) is 33.1 Å². The van der Waals surface area contributed by atoms with E-state index in [1.807, 2.05) is 45.0 Å². The number of hydrogen-bond acceptors (Lipinski definition) is 8. The van der Waals surface area contributed by atoms with Crippen LogP contribution in [0.2, 0.25) is 0 Å². The fourth-order valence-electron chi connectivity index (χ4n) is 4.16. The maximum Gasteiger partial charge on any atom is 0.326 e. The second kappa shape index (κ2) is 9.06. The largest absolute Gasteiger partial charge is 0.421 e. The Balaban J connectivity index is 1.46. The second-order valence-corrected chi connectivity index (χ2v) is 9.30. The standard InChI is InChI=1S/C25H29FN6O2/c1-15(2)19-13-23(34-30-19)27-21-14-22(32-9-7-31(4)8-10-32)29-25(28-21)33-20-6-5-17-11-16(3)12-18(17)24(20)26/h5-6,12-15H,7-11H2,1-4H3,(H,27,28,29). The summed E-state index contributed by atoms with van der Waals surface area (Å²) in [4.78, 5) is 13.5. The van der Waals surface area contributed by atoms with Gasteiger partial charge in [0.15, 0.2) is 11.6 Å². The minimum Gasteiger partial charge on any atom is -0.421 e. The molecule has 0 unspecified atom stereocenters. The van der Waals surface area contributed by atoms with Crippen LogP contribution < -0.4 is 15.0 Å². The molecule has 1 fully saturated rings. The molecule has 0 saturated carbocycles. The number of ether oxygens (including phenoxy) is 1. The predicted molar refractivity (Wildman–Crippen MR) is 129 cm³/mol. The Morgan fingerprint density at radius 2 is 1.91 bits per heavy atom. The van der Waals surface area contributed by atoms with E-state index in [1.165, 1.54) is 0 Å². The van der Waals surface area contributed by atoms with Crippen LogP contribution in [0, 0.1) is 5.82 Å². The molecule has 0 spiro atoms. The average Bonchev–Trinajstić information content (AvgIpc) is 3.43. The third-order valence-corrected chi connectivity index (χ3v) is 6.19. The highest BCUT2D eigenvalue weighted by atomic mass is 19.1. The molecule has 1 aromatic carbocycles. The first-order valence-corrected chi connectivity index (χ1v) is 11.6. The van der Waals surface area contributed by atoms with Gasteiger partial charge in [-0.25, -0.2) is 4.39 Å². The van der Waals surface area contributed by atoms with Gasteiger partial charge in [0.05, 0.1) is 5.69 Å². The Morgan fingerprint density at radius 3 is 2.65 bits per heavy atom. The number of rotatable bonds is 6. The number of nitrogens with one attached hydrogen (secondary N) is 1. The minimum atomic E-state index is -0.394. The first kappa shape index (κ1) is 22.3. The molecule has 2 aromatic heterocycles. The van der Waals surface area contributed by atoms with E-state index >= 15 is 4.39 Å². The first-order valence-electron chi connectivity index (χ1n) is 11.6. The van der Waals surface area contributed by atoms with Gasteiger partial charge in [-0.3, -0.25) is 0 Å². The van der Waals surface area contributed by atoms with Crippen LogP contribution in [0.1, 0.15) is 43.5 Å². The van der Waals surface area contributed by atoms with Gasteiger partial charge in [0.2, 0.25) is 5.88 Å². The van der Waals surface area contributed by atoms with Gasteiger partial charge in [0.25, 0.3) is 0 Å². The highest BCUT2D eigenvalue weighted by molar-refractivity contribution is 5.66. The topological polar surface area (TPSA) is 79.5 Å². The van der Waals surface area contributed by atoms with Crippen molar-refractivity contribution in [3.63, 3.8) is 0 Å². The summed E-state index contributed by atoms with van der Waals surface area (Å²) in [7, 11) is 2.10. The molecule has 1 aliphatic heterocycles. The fourth-order valence-corrected chi connectivity index (χ4v) is 4.16. The van der Waals surface area contributed by atoms with Crippen LogP contribution in [0.5, 0.6) is 11.8 Å². The van der Waals surface area contributed by atoms with Gasteiger partial charge in [0, 0.05) is 43.9 Å². The molecule has 1 saturated heterocycles. The maximum absolute atomic E-state index is 15.2. The zero-order valence-electron chi connectivity index (χ0n) is 19.9. The number of aromatic nitrogens is 3. The molecule has 2 aliphatic rings. The van der Waals surface area contributed by atoms with Gasteiger partial charge < -0.3 is 24.4 Å². The van der Waals surface area contributed by atoms with E-state index in [0.29, 0.717) is 23.1 Å². The van der Waals surface area contributed by atoms with Crippen LogP contribution in [0.3, 0.4) is 0 Å². The number of halogens is 1. The molecule has 178 valence electrons. The van der Waals surface area contributed by atoms with E-state index in [0.717, 1.165) is 49.4 Å². The molecule has 9 heteroatoms. The summed E-state index contributed by atoms with van der Waals surface area (Å²) in [5, 5.41) is 7.25. The fraction of sp³-hybridized carbons (Fsp3) is 0.400. The van der Waals surface area contributed by atoms with Crippen molar-refractivity contribution >= 4 is 23.6 Å². The summed E-state index contributed by atoms with van der Waals surface area (Å²) in [6.45, 7) is 9.58. The summed E-state index contributed by atoms with van der Waals surface area (Å²) in [6, 6.07) is 7.30. The van der Waals surface area contributed by atoms with E-state index in [9.17, 15) is 0 Å². The Labute approximate surface area is 198 Å². The molecule has 3 heterocycles. The van der Waals surface area contributed by atoms with Crippen molar-refractivity contribution in [2.75, 3.05) is 43.4 Å². The van der Waals surface area contributed by atoms with Crippen LogP contribution >= 0.6 is 0 Å². The summed E-state index contributed by atoms with van der Waals surface area (Å²) in [5.74, 6) is 1.62. The number of allylic oxidation sites excluding steroid dienone is 1. The molecule has 5 rings (SSSR count). The number of piperazine rings is 1. The number of benzene rings is 1. The van der Waals surface area contributed by atoms with E-state index in [4.69, 9.17) is 9.26 Å². The molecule has 0 radical (unpaired) electrons. The first-order chi connectivity index (χ1) is 16.4. The van der Waals surface area contributed by atoms with Crippen LogP contribution in [0.4, 0.5) is 21.9 Å². The Morgan fingerprint density at radius 1 is 1.12 bits per heavy atom. The molecule has 1 aliphatic carbocycles. The predicted octanol–water partition coefficient (Wildman–Crippen LogP) is 4.97. The van der Waals surface area contributed by atoms with Gasteiger partial charge in [-0.1, -0.05) is 36.7 Å². The van der Waals surface area contributed by atoms with Crippen molar-refractivity contribution in [1.82, 2.24) is 20.0 Å². The van der Waals surface area contributed by atoms with Crippen molar-refractivity contribution in [1.29, 1.82) is 0 Å². The molecule has 34 heavy (non-hydrogen) atoms. The molecule has 0 bridgehead atoms. The highest BCUT2D eigenvalue weighted by Gasteiger charge is 2.21. The Kier molecular flexibility index (Phi) is 5.95. The molecule has 0 amide bonds. The van der Waals surface area contributed by atoms with Gasteiger partial charge in [0.1, 0.15) is 11.6 Å².